The van der Waals surface area contributed by atoms with Crippen molar-refractivity contribution >= 4 is 17.4 Å². The third-order valence-corrected chi connectivity index (χ3v) is 3.99. The molecular weight excluding hydrogens is 370 g/mol. The first kappa shape index (κ1) is 18.7. The van der Waals surface area contributed by atoms with E-state index in [0.717, 1.165) is 6.20 Å². The van der Waals surface area contributed by atoms with Crippen LogP contribution >= 0.6 is 11.6 Å². The first-order valence-corrected chi connectivity index (χ1v) is 8.29. The second kappa shape index (κ2) is 8.52. The van der Waals surface area contributed by atoms with Crippen molar-refractivity contribution in [2.24, 2.45) is 0 Å². The molecule has 3 heterocycles. The van der Waals surface area contributed by atoms with Crippen LogP contribution in [0.2, 0.25) is 5.28 Å². The highest BCUT2D eigenvalue weighted by Crippen LogP contribution is 2.27. The Morgan fingerprint density at radius 3 is 2.69 bits per heavy atom. The van der Waals surface area contributed by atoms with Crippen LogP contribution in [0.15, 0.2) is 18.3 Å². The molecule has 0 aromatic carbocycles. The molecule has 2 aromatic rings. The Balaban J connectivity index is 1.76. The fourth-order valence-corrected chi connectivity index (χ4v) is 2.63. The van der Waals surface area contributed by atoms with Gasteiger partial charge in [0.05, 0.1) is 25.1 Å². The molecule has 0 amide bonds. The molecule has 1 aliphatic heterocycles. The van der Waals surface area contributed by atoms with Gasteiger partial charge in [0.15, 0.2) is 5.82 Å². The first-order valence-electron chi connectivity index (χ1n) is 7.91. The Kier molecular flexibility index (Phi) is 6.12. The van der Waals surface area contributed by atoms with Crippen LogP contribution in [0, 0.1) is 11.6 Å². The SMILES string of the molecule is COC(COc1nc(Cl)nc(N2CCOCC2)c1F)c1ccc(F)cn1. The van der Waals surface area contributed by atoms with Gasteiger partial charge in [-0.15, -0.1) is 0 Å². The zero-order valence-electron chi connectivity index (χ0n) is 14.0. The molecule has 0 radical (unpaired) electrons. The Hall–Kier alpha value is -2.10. The number of morpholine rings is 1. The minimum Gasteiger partial charge on any atom is -0.472 e. The molecule has 0 aliphatic carbocycles. The zero-order chi connectivity index (χ0) is 18.5. The maximum atomic E-state index is 14.7. The summed E-state index contributed by atoms with van der Waals surface area (Å²) >= 11 is 5.91. The van der Waals surface area contributed by atoms with Crippen LogP contribution in [0.25, 0.3) is 0 Å². The summed E-state index contributed by atoms with van der Waals surface area (Å²) in [5, 5.41) is -0.128. The highest BCUT2D eigenvalue weighted by Gasteiger charge is 2.23. The third kappa shape index (κ3) is 4.35. The largest absolute Gasteiger partial charge is 0.472 e. The molecule has 140 valence electrons. The number of nitrogens with zero attached hydrogens (tertiary/aromatic N) is 4. The Bertz CT molecular complexity index is 745. The van der Waals surface area contributed by atoms with Gasteiger partial charge in [-0.05, 0) is 23.7 Å². The maximum Gasteiger partial charge on any atom is 0.257 e. The minimum absolute atomic E-state index is 0.0668. The van der Waals surface area contributed by atoms with E-state index in [1.165, 1.54) is 19.2 Å². The van der Waals surface area contributed by atoms with Crippen molar-refractivity contribution in [1.29, 1.82) is 0 Å². The average molecular weight is 387 g/mol. The predicted molar refractivity (Wildman–Crippen MR) is 89.5 cm³/mol. The van der Waals surface area contributed by atoms with Gasteiger partial charge in [-0.1, -0.05) is 0 Å². The van der Waals surface area contributed by atoms with E-state index < -0.39 is 17.7 Å². The number of pyridine rings is 1. The number of halogens is 3. The predicted octanol–water partition coefficient (Wildman–Crippen LogP) is 2.41. The Morgan fingerprint density at radius 1 is 1.27 bits per heavy atom. The van der Waals surface area contributed by atoms with Crippen molar-refractivity contribution in [3.8, 4) is 5.88 Å². The van der Waals surface area contributed by atoms with Crippen LogP contribution in [0.3, 0.4) is 0 Å². The summed E-state index contributed by atoms with van der Waals surface area (Å²) in [6, 6.07) is 2.72. The molecule has 0 saturated carbocycles. The number of methoxy groups -OCH3 is 1. The third-order valence-electron chi connectivity index (χ3n) is 3.82. The second-order valence-electron chi connectivity index (χ2n) is 5.47. The normalized spacial score (nSPS) is 15.8. The fraction of sp³-hybridized carbons (Fsp3) is 0.438. The van der Waals surface area contributed by atoms with Gasteiger partial charge in [0.25, 0.3) is 5.88 Å². The highest BCUT2D eigenvalue weighted by molar-refractivity contribution is 6.28. The molecule has 7 nitrogen and oxygen atoms in total. The summed E-state index contributed by atoms with van der Waals surface area (Å²) in [5.74, 6) is -1.39. The lowest BCUT2D eigenvalue weighted by atomic mass is 10.2. The molecule has 0 N–H and O–H groups in total. The monoisotopic (exact) mass is 386 g/mol. The van der Waals surface area contributed by atoms with Crippen molar-refractivity contribution in [3.05, 3.63) is 40.9 Å². The summed E-state index contributed by atoms with van der Waals surface area (Å²) in [5.41, 5.74) is 0.447. The van der Waals surface area contributed by atoms with Crippen molar-refractivity contribution < 1.29 is 23.0 Å². The lowest BCUT2D eigenvalue weighted by Crippen LogP contribution is -2.37. The minimum atomic E-state index is -0.710. The summed E-state index contributed by atoms with van der Waals surface area (Å²) in [7, 11) is 1.45. The van der Waals surface area contributed by atoms with Crippen LogP contribution in [-0.2, 0) is 9.47 Å². The second-order valence-corrected chi connectivity index (χ2v) is 5.81. The zero-order valence-corrected chi connectivity index (χ0v) is 14.7. The molecule has 1 aliphatic rings. The van der Waals surface area contributed by atoms with Crippen LogP contribution < -0.4 is 9.64 Å². The number of aromatic nitrogens is 3. The smallest absolute Gasteiger partial charge is 0.257 e. The molecule has 1 atom stereocenters. The number of ether oxygens (including phenoxy) is 3. The maximum absolute atomic E-state index is 14.7. The van der Waals surface area contributed by atoms with Gasteiger partial charge in [0, 0.05) is 20.2 Å². The molecule has 2 aromatic heterocycles. The summed E-state index contributed by atoms with van der Waals surface area (Å²) in [6.45, 7) is 1.84. The van der Waals surface area contributed by atoms with Gasteiger partial charge in [-0.25, -0.2) is 4.39 Å². The number of hydrogen-bond acceptors (Lipinski definition) is 7. The van der Waals surface area contributed by atoms with Crippen LogP contribution in [0.5, 0.6) is 5.88 Å². The van der Waals surface area contributed by atoms with Crippen molar-refractivity contribution in [2.45, 2.75) is 6.10 Å². The van der Waals surface area contributed by atoms with Gasteiger partial charge in [0.2, 0.25) is 11.1 Å². The lowest BCUT2D eigenvalue weighted by Gasteiger charge is -2.28. The van der Waals surface area contributed by atoms with E-state index >= 15 is 0 Å². The molecule has 1 fully saturated rings. The Labute approximate surface area is 153 Å². The van der Waals surface area contributed by atoms with E-state index in [1.807, 2.05) is 0 Å². The highest BCUT2D eigenvalue weighted by atomic mass is 35.5. The number of hydrogen-bond donors (Lipinski definition) is 0. The molecule has 3 rings (SSSR count). The summed E-state index contributed by atoms with van der Waals surface area (Å²) in [4.78, 5) is 13.4. The molecule has 1 saturated heterocycles. The molecule has 0 bridgehead atoms. The van der Waals surface area contributed by atoms with E-state index in [1.54, 1.807) is 4.90 Å². The number of anilines is 1. The quantitative estimate of drug-likeness (QED) is 0.706. The standard InChI is InChI=1S/C16H17ClF2N4O3/c1-24-12(11-3-2-10(18)8-20-11)9-26-15-13(19)14(21-16(17)22-15)23-4-6-25-7-5-23/h2-3,8,12H,4-7,9H2,1H3. The van der Waals surface area contributed by atoms with Gasteiger partial charge in [0.1, 0.15) is 18.5 Å². The van der Waals surface area contributed by atoms with Crippen molar-refractivity contribution in [1.82, 2.24) is 15.0 Å². The first-order chi connectivity index (χ1) is 12.6. The van der Waals surface area contributed by atoms with Crippen molar-refractivity contribution in [3.63, 3.8) is 0 Å². The topological polar surface area (TPSA) is 69.6 Å². The van der Waals surface area contributed by atoms with Crippen molar-refractivity contribution in [2.75, 3.05) is 44.9 Å². The summed E-state index contributed by atoms with van der Waals surface area (Å²) < 4.78 is 43.7. The molecule has 0 spiro atoms. The van der Waals surface area contributed by atoms with Gasteiger partial charge in [-0.3, -0.25) is 4.98 Å². The van der Waals surface area contributed by atoms with Gasteiger partial charge in [-0.2, -0.15) is 14.4 Å². The van der Waals surface area contributed by atoms with E-state index in [-0.39, 0.29) is 23.6 Å². The van der Waals surface area contributed by atoms with E-state index in [2.05, 4.69) is 15.0 Å². The molecule has 10 heteroatoms. The molecular formula is C16H17ClF2N4O3. The van der Waals surface area contributed by atoms with Gasteiger partial charge < -0.3 is 19.1 Å². The van der Waals surface area contributed by atoms with Crippen LogP contribution in [0.4, 0.5) is 14.6 Å². The van der Waals surface area contributed by atoms with E-state index in [4.69, 9.17) is 25.8 Å². The Morgan fingerprint density at radius 2 is 2.04 bits per heavy atom. The number of rotatable bonds is 6. The van der Waals surface area contributed by atoms with E-state index in [9.17, 15) is 8.78 Å². The molecule has 1 unspecified atom stereocenters. The summed E-state index contributed by atoms with van der Waals surface area (Å²) in [6.07, 6.45) is 0.440. The average Bonchev–Trinajstić information content (AvgIpc) is 2.66. The fourth-order valence-electron chi connectivity index (χ4n) is 2.48. The van der Waals surface area contributed by atoms with Crippen LogP contribution in [0.1, 0.15) is 11.8 Å². The van der Waals surface area contributed by atoms with Gasteiger partial charge >= 0.3 is 0 Å². The van der Waals surface area contributed by atoms with Crippen LogP contribution in [-0.4, -0.2) is 55.0 Å². The van der Waals surface area contributed by atoms with E-state index in [0.29, 0.717) is 32.0 Å². The lowest BCUT2D eigenvalue weighted by molar-refractivity contribution is 0.0513. The molecule has 26 heavy (non-hydrogen) atoms.